The molecule has 114 valence electrons. The molecule has 21 heavy (non-hydrogen) atoms. The number of likely N-dealkylation sites (tertiary alicyclic amines) is 1. The van der Waals surface area contributed by atoms with Crippen LogP contribution in [0, 0.1) is 6.92 Å². The van der Waals surface area contributed by atoms with E-state index in [1.807, 2.05) is 17.2 Å². The Hall–Kier alpha value is -1.69. The van der Waals surface area contributed by atoms with Gasteiger partial charge in [-0.25, -0.2) is 4.98 Å². The fourth-order valence-corrected chi connectivity index (χ4v) is 3.17. The molecule has 2 heterocycles. The summed E-state index contributed by atoms with van der Waals surface area (Å²) in [6.45, 7) is 2.64. The molecule has 0 saturated carbocycles. The Kier molecular flexibility index (Phi) is 5.50. The summed E-state index contributed by atoms with van der Waals surface area (Å²) in [5, 5.41) is 11.7. The van der Waals surface area contributed by atoms with Gasteiger partial charge in [-0.15, -0.1) is 11.3 Å². The molecule has 1 aromatic rings. The van der Waals surface area contributed by atoms with Gasteiger partial charge >= 0.3 is 5.97 Å². The van der Waals surface area contributed by atoms with Crippen molar-refractivity contribution in [3.63, 3.8) is 0 Å². The van der Waals surface area contributed by atoms with Gasteiger partial charge in [0.05, 0.1) is 10.7 Å². The number of hydrogen-bond acceptors (Lipinski definition) is 4. The number of carboxylic acid groups (broad SMARTS) is 1. The summed E-state index contributed by atoms with van der Waals surface area (Å²) in [4.78, 5) is 29.1. The molecule has 1 aliphatic rings. The van der Waals surface area contributed by atoms with Crippen LogP contribution in [0.25, 0.3) is 6.08 Å². The fraction of sp³-hybridized carbons (Fsp3) is 0.533. The summed E-state index contributed by atoms with van der Waals surface area (Å²) in [6, 6.07) is 0.0455. The third-order valence-corrected chi connectivity index (χ3v) is 4.43. The minimum atomic E-state index is -0.804. The molecule has 5 nitrogen and oxygen atoms in total. The molecule has 0 bridgehead atoms. The first kappa shape index (κ1) is 15.7. The van der Waals surface area contributed by atoms with E-state index in [-0.39, 0.29) is 18.4 Å². The van der Waals surface area contributed by atoms with Crippen LogP contribution < -0.4 is 0 Å². The highest BCUT2D eigenvalue weighted by Crippen LogP contribution is 2.21. The van der Waals surface area contributed by atoms with E-state index in [0.717, 1.165) is 30.0 Å². The Morgan fingerprint density at radius 1 is 1.52 bits per heavy atom. The van der Waals surface area contributed by atoms with Crippen molar-refractivity contribution in [3.8, 4) is 0 Å². The molecule has 1 atom stereocenters. The predicted octanol–water partition coefficient (Wildman–Crippen LogP) is 2.71. The SMILES string of the molecule is Cc1nc(/C=C/C(=O)N2CCCCC2CCC(=O)O)cs1. The molecule has 1 saturated heterocycles. The number of rotatable bonds is 5. The van der Waals surface area contributed by atoms with Crippen LogP contribution in [0.5, 0.6) is 0 Å². The number of aliphatic carboxylic acids is 1. The molecule has 0 aliphatic carbocycles. The maximum Gasteiger partial charge on any atom is 0.303 e. The third kappa shape index (κ3) is 4.67. The summed E-state index contributed by atoms with van der Waals surface area (Å²) >= 11 is 1.55. The van der Waals surface area contributed by atoms with E-state index < -0.39 is 5.97 Å². The zero-order chi connectivity index (χ0) is 15.2. The molecule has 0 aromatic carbocycles. The normalized spacial score (nSPS) is 19.1. The van der Waals surface area contributed by atoms with Crippen molar-refractivity contribution in [2.24, 2.45) is 0 Å². The lowest BCUT2D eigenvalue weighted by Crippen LogP contribution is -2.43. The number of carbonyl (C=O) groups excluding carboxylic acids is 1. The zero-order valence-electron chi connectivity index (χ0n) is 12.1. The van der Waals surface area contributed by atoms with Gasteiger partial charge in [0.15, 0.2) is 0 Å². The van der Waals surface area contributed by atoms with Gasteiger partial charge in [0.2, 0.25) is 5.91 Å². The molecule has 0 radical (unpaired) electrons. The summed E-state index contributed by atoms with van der Waals surface area (Å²) in [6.07, 6.45) is 6.86. The highest BCUT2D eigenvalue weighted by molar-refractivity contribution is 7.09. The Labute approximate surface area is 128 Å². The van der Waals surface area contributed by atoms with Gasteiger partial charge in [-0.1, -0.05) is 0 Å². The van der Waals surface area contributed by atoms with Crippen LogP contribution in [-0.4, -0.2) is 39.5 Å². The second-order valence-electron chi connectivity index (χ2n) is 5.24. The molecule has 0 spiro atoms. The molecule has 1 amide bonds. The number of carboxylic acids is 1. The largest absolute Gasteiger partial charge is 0.481 e. The van der Waals surface area contributed by atoms with Gasteiger partial charge in [0.25, 0.3) is 0 Å². The highest BCUT2D eigenvalue weighted by atomic mass is 32.1. The van der Waals surface area contributed by atoms with Crippen molar-refractivity contribution in [2.45, 2.75) is 45.1 Å². The van der Waals surface area contributed by atoms with E-state index in [4.69, 9.17) is 5.11 Å². The van der Waals surface area contributed by atoms with Gasteiger partial charge in [0, 0.05) is 30.5 Å². The quantitative estimate of drug-likeness (QED) is 0.849. The molecule has 1 aromatic heterocycles. The summed E-state index contributed by atoms with van der Waals surface area (Å²) in [5.41, 5.74) is 0.796. The summed E-state index contributed by atoms with van der Waals surface area (Å²) in [7, 11) is 0. The molecule has 1 N–H and O–H groups in total. The lowest BCUT2D eigenvalue weighted by molar-refractivity contribution is -0.138. The minimum absolute atomic E-state index is 0.0455. The number of aromatic nitrogens is 1. The van der Waals surface area contributed by atoms with Crippen molar-refractivity contribution in [2.75, 3.05) is 6.54 Å². The van der Waals surface area contributed by atoms with Crippen LogP contribution in [0.2, 0.25) is 0 Å². The van der Waals surface area contributed by atoms with E-state index >= 15 is 0 Å². The van der Waals surface area contributed by atoms with Crippen LogP contribution in [-0.2, 0) is 9.59 Å². The van der Waals surface area contributed by atoms with Crippen LogP contribution in [0.3, 0.4) is 0 Å². The van der Waals surface area contributed by atoms with E-state index in [1.54, 1.807) is 23.5 Å². The molecule has 6 heteroatoms. The lowest BCUT2D eigenvalue weighted by Gasteiger charge is -2.35. The monoisotopic (exact) mass is 308 g/mol. The van der Waals surface area contributed by atoms with Gasteiger partial charge in [-0.05, 0) is 38.7 Å². The van der Waals surface area contributed by atoms with Crippen LogP contribution in [0.15, 0.2) is 11.5 Å². The number of nitrogens with zero attached hydrogens (tertiary/aromatic N) is 2. The Morgan fingerprint density at radius 2 is 2.33 bits per heavy atom. The van der Waals surface area contributed by atoms with E-state index in [2.05, 4.69) is 4.98 Å². The van der Waals surface area contributed by atoms with E-state index in [1.165, 1.54) is 0 Å². The molecular formula is C15H20N2O3S. The smallest absolute Gasteiger partial charge is 0.303 e. The first-order valence-corrected chi connectivity index (χ1v) is 8.07. The molecular weight excluding hydrogens is 288 g/mol. The number of amides is 1. The third-order valence-electron chi connectivity index (χ3n) is 3.64. The Morgan fingerprint density at radius 3 is 3.00 bits per heavy atom. The van der Waals surface area contributed by atoms with Crippen LogP contribution in [0.1, 0.15) is 42.8 Å². The van der Waals surface area contributed by atoms with Crippen molar-refractivity contribution in [1.29, 1.82) is 0 Å². The average Bonchev–Trinajstić information content (AvgIpc) is 2.88. The van der Waals surface area contributed by atoms with Gasteiger partial charge in [0.1, 0.15) is 0 Å². The number of hydrogen-bond donors (Lipinski definition) is 1. The van der Waals surface area contributed by atoms with Crippen LogP contribution >= 0.6 is 11.3 Å². The first-order valence-electron chi connectivity index (χ1n) is 7.19. The highest BCUT2D eigenvalue weighted by Gasteiger charge is 2.25. The van der Waals surface area contributed by atoms with Gasteiger partial charge in [-0.3, -0.25) is 9.59 Å². The fourth-order valence-electron chi connectivity index (χ4n) is 2.59. The number of thiazole rings is 1. The number of aryl methyl sites for hydroxylation is 1. The minimum Gasteiger partial charge on any atom is -0.481 e. The molecule has 1 unspecified atom stereocenters. The molecule has 2 rings (SSSR count). The van der Waals surface area contributed by atoms with Crippen molar-refractivity contribution >= 4 is 29.3 Å². The predicted molar refractivity (Wildman–Crippen MR) is 82.1 cm³/mol. The average molecular weight is 308 g/mol. The Bertz CT molecular complexity index is 539. The van der Waals surface area contributed by atoms with Crippen molar-refractivity contribution < 1.29 is 14.7 Å². The lowest BCUT2D eigenvalue weighted by atomic mass is 9.98. The van der Waals surface area contributed by atoms with Crippen molar-refractivity contribution in [1.82, 2.24) is 9.88 Å². The Balaban J connectivity index is 1.97. The van der Waals surface area contributed by atoms with E-state index in [9.17, 15) is 9.59 Å². The molecule has 1 fully saturated rings. The van der Waals surface area contributed by atoms with Crippen molar-refractivity contribution in [3.05, 3.63) is 22.2 Å². The maximum absolute atomic E-state index is 12.3. The first-order chi connectivity index (χ1) is 10.1. The topological polar surface area (TPSA) is 70.5 Å². The van der Waals surface area contributed by atoms with Crippen LogP contribution in [0.4, 0.5) is 0 Å². The standard InChI is InChI=1S/C15H20N2O3S/c1-11-16-12(10-21-11)5-7-14(18)17-9-3-2-4-13(17)6-8-15(19)20/h5,7,10,13H,2-4,6,8-9H2,1H3,(H,19,20)/b7-5+. The summed E-state index contributed by atoms with van der Waals surface area (Å²) < 4.78 is 0. The molecule has 1 aliphatic heterocycles. The second kappa shape index (κ2) is 7.36. The van der Waals surface area contributed by atoms with Gasteiger partial charge in [-0.2, -0.15) is 0 Å². The zero-order valence-corrected chi connectivity index (χ0v) is 12.9. The number of carbonyl (C=O) groups is 2. The maximum atomic E-state index is 12.3. The number of piperidine rings is 1. The summed E-state index contributed by atoms with van der Waals surface area (Å²) in [5.74, 6) is -0.850. The van der Waals surface area contributed by atoms with E-state index in [0.29, 0.717) is 13.0 Å². The van der Waals surface area contributed by atoms with Gasteiger partial charge < -0.3 is 10.0 Å². The second-order valence-corrected chi connectivity index (χ2v) is 6.30.